The first-order valence-corrected chi connectivity index (χ1v) is 5.17. The van der Waals surface area contributed by atoms with Crippen molar-refractivity contribution in [1.82, 2.24) is 0 Å². The van der Waals surface area contributed by atoms with Crippen LogP contribution in [0.15, 0.2) is 0 Å². The Labute approximate surface area is 86.5 Å². The predicted molar refractivity (Wildman–Crippen MR) is 55.9 cm³/mol. The topological polar surface area (TPSA) is 46.5 Å². The molecule has 0 aromatic carbocycles. The van der Waals surface area contributed by atoms with Crippen molar-refractivity contribution in [2.75, 3.05) is 0 Å². The smallest absolute Gasteiger partial charge is 0.308 e. The lowest BCUT2D eigenvalue weighted by Crippen LogP contribution is -2.55. The highest BCUT2D eigenvalue weighted by Crippen LogP contribution is 2.41. The van der Waals surface area contributed by atoms with Gasteiger partial charge in [0, 0.05) is 5.41 Å². The summed E-state index contributed by atoms with van der Waals surface area (Å²) in [6.45, 7) is 11.5. The average Bonchev–Trinajstić information content (AvgIpc) is 2.04. The van der Waals surface area contributed by atoms with Crippen molar-refractivity contribution in [3.63, 3.8) is 0 Å². The van der Waals surface area contributed by atoms with Crippen molar-refractivity contribution in [2.24, 2.45) is 5.41 Å². The van der Waals surface area contributed by atoms with Crippen LogP contribution >= 0.6 is 0 Å². The van der Waals surface area contributed by atoms with Crippen LogP contribution in [-0.2, 0) is 9.53 Å². The largest absolute Gasteiger partial charge is 0.459 e. The van der Waals surface area contributed by atoms with E-state index in [1.807, 2.05) is 41.5 Å². The molecule has 1 unspecified atom stereocenters. The Morgan fingerprint density at radius 3 is 2.07 bits per heavy atom. The summed E-state index contributed by atoms with van der Waals surface area (Å²) in [6, 6.07) is 0. The highest BCUT2D eigenvalue weighted by atomic mass is 16.6. The molecule has 0 aromatic rings. The van der Waals surface area contributed by atoms with E-state index in [1.165, 1.54) is 0 Å². The van der Waals surface area contributed by atoms with Gasteiger partial charge in [-0.2, -0.15) is 0 Å². The third-order valence-corrected chi connectivity index (χ3v) is 3.11. The van der Waals surface area contributed by atoms with E-state index in [1.54, 1.807) is 0 Å². The maximum atomic E-state index is 11.0. The third kappa shape index (κ3) is 2.27. The predicted octanol–water partition coefficient (Wildman–Crippen LogP) is 2.13. The number of hydrogen-bond acceptors (Lipinski definition) is 3. The number of aliphatic hydroxyl groups excluding tert-OH is 1. The minimum absolute atomic E-state index is 0.108. The molecular weight excluding hydrogens is 180 g/mol. The molecule has 0 aliphatic carbocycles. The van der Waals surface area contributed by atoms with E-state index in [0.717, 1.165) is 0 Å². The summed E-state index contributed by atoms with van der Waals surface area (Å²) >= 11 is 0. The zero-order chi connectivity index (χ0) is 11.6. The Bertz CT molecular complexity index is 207. The number of ether oxygens (including phenoxy) is 1. The summed E-state index contributed by atoms with van der Waals surface area (Å²) in [5, 5.41) is 9.64. The molecule has 1 N–H and O–H groups in total. The minimum Gasteiger partial charge on any atom is -0.459 e. The van der Waals surface area contributed by atoms with Gasteiger partial charge in [-0.15, -0.1) is 0 Å². The summed E-state index contributed by atoms with van der Waals surface area (Å²) < 4.78 is 5.16. The van der Waals surface area contributed by atoms with Crippen LogP contribution in [0.1, 0.15) is 48.0 Å². The van der Waals surface area contributed by atoms with Gasteiger partial charge in [0.25, 0.3) is 0 Å². The Morgan fingerprint density at radius 2 is 1.71 bits per heavy atom. The Morgan fingerprint density at radius 1 is 1.29 bits per heavy atom. The lowest BCUT2D eigenvalue weighted by atomic mass is 9.70. The van der Waals surface area contributed by atoms with Crippen molar-refractivity contribution in [1.29, 1.82) is 0 Å². The molecule has 1 fully saturated rings. The summed E-state index contributed by atoms with van der Waals surface area (Å²) in [5.74, 6) is -0.313. The second-order valence-corrected chi connectivity index (χ2v) is 4.43. The standard InChI is InChI=1S/C9H16O3.C2H6/c1-8(2)6(10)5-7(11)12-9(8,3)4;1-2/h6,10H,5H2,1-4H3;1-2H3. The van der Waals surface area contributed by atoms with Crippen LogP contribution in [0, 0.1) is 5.41 Å². The Hall–Kier alpha value is -0.570. The van der Waals surface area contributed by atoms with Gasteiger partial charge in [-0.3, -0.25) is 4.79 Å². The molecule has 1 saturated heterocycles. The number of carbonyl (C=O) groups is 1. The second-order valence-electron chi connectivity index (χ2n) is 4.43. The highest BCUT2D eigenvalue weighted by Gasteiger charge is 2.50. The molecule has 14 heavy (non-hydrogen) atoms. The first-order chi connectivity index (χ1) is 6.27. The first kappa shape index (κ1) is 13.4. The van der Waals surface area contributed by atoms with E-state index in [4.69, 9.17) is 4.74 Å². The molecule has 1 heterocycles. The van der Waals surface area contributed by atoms with Crippen molar-refractivity contribution in [2.45, 2.75) is 59.7 Å². The first-order valence-electron chi connectivity index (χ1n) is 5.17. The van der Waals surface area contributed by atoms with Gasteiger partial charge in [0.05, 0.1) is 12.5 Å². The zero-order valence-corrected chi connectivity index (χ0v) is 10.0. The fraction of sp³-hybridized carbons (Fsp3) is 0.909. The van der Waals surface area contributed by atoms with Crippen LogP contribution in [0.25, 0.3) is 0 Å². The van der Waals surface area contributed by atoms with Gasteiger partial charge >= 0.3 is 5.97 Å². The maximum Gasteiger partial charge on any atom is 0.308 e. The number of esters is 1. The molecule has 1 aliphatic heterocycles. The van der Waals surface area contributed by atoms with Crippen LogP contribution in [-0.4, -0.2) is 22.8 Å². The molecule has 0 aromatic heterocycles. The molecule has 1 atom stereocenters. The van der Waals surface area contributed by atoms with Crippen LogP contribution in [0.5, 0.6) is 0 Å². The van der Waals surface area contributed by atoms with Crippen molar-refractivity contribution >= 4 is 5.97 Å². The van der Waals surface area contributed by atoms with Crippen molar-refractivity contribution < 1.29 is 14.6 Å². The fourth-order valence-electron chi connectivity index (χ4n) is 1.27. The number of aliphatic hydroxyl groups is 1. The molecule has 3 nitrogen and oxygen atoms in total. The molecule has 3 heteroatoms. The van der Waals surface area contributed by atoms with Gasteiger partial charge in [-0.25, -0.2) is 0 Å². The summed E-state index contributed by atoms with van der Waals surface area (Å²) in [4.78, 5) is 11.0. The van der Waals surface area contributed by atoms with E-state index in [9.17, 15) is 9.90 Å². The molecule has 0 saturated carbocycles. The average molecular weight is 202 g/mol. The normalized spacial score (nSPS) is 28.5. The number of rotatable bonds is 0. The van der Waals surface area contributed by atoms with Crippen LogP contribution in [0.4, 0.5) is 0 Å². The van der Waals surface area contributed by atoms with Crippen molar-refractivity contribution in [3.05, 3.63) is 0 Å². The number of carbonyl (C=O) groups excluding carboxylic acids is 1. The van der Waals surface area contributed by atoms with E-state index in [2.05, 4.69) is 0 Å². The van der Waals surface area contributed by atoms with Gasteiger partial charge in [-0.1, -0.05) is 27.7 Å². The van der Waals surface area contributed by atoms with E-state index in [0.29, 0.717) is 0 Å². The molecule has 0 radical (unpaired) electrons. The quantitative estimate of drug-likeness (QED) is 0.612. The minimum atomic E-state index is -0.603. The van der Waals surface area contributed by atoms with E-state index >= 15 is 0 Å². The molecule has 1 rings (SSSR count). The van der Waals surface area contributed by atoms with Gasteiger partial charge in [0.2, 0.25) is 0 Å². The lowest BCUT2D eigenvalue weighted by Gasteiger charge is -2.47. The number of hydrogen-bond donors (Lipinski definition) is 1. The second kappa shape index (κ2) is 4.30. The van der Waals surface area contributed by atoms with Gasteiger partial charge < -0.3 is 9.84 Å². The van der Waals surface area contributed by atoms with E-state index < -0.39 is 11.7 Å². The molecule has 84 valence electrons. The Balaban J connectivity index is 0.000000791. The van der Waals surface area contributed by atoms with Crippen LogP contribution < -0.4 is 0 Å². The van der Waals surface area contributed by atoms with Crippen LogP contribution in [0.2, 0.25) is 0 Å². The Kier molecular flexibility index (Phi) is 4.13. The maximum absolute atomic E-state index is 11.0. The summed E-state index contributed by atoms with van der Waals surface area (Å²) in [6.07, 6.45) is -0.495. The SMILES string of the molecule is CC.CC1(C)OC(=O)CC(O)C1(C)C. The van der Waals surface area contributed by atoms with E-state index in [-0.39, 0.29) is 17.8 Å². The number of cyclic esters (lactones) is 1. The summed E-state index contributed by atoms with van der Waals surface area (Å²) in [5.41, 5.74) is -0.956. The summed E-state index contributed by atoms with van der Waals surface area (Å²) in [7, 11) is 0. The molecule has 0 bridgehead atoms. The van der Waals surface area contributed by atoms with Gasteiger partial charge in [0.15, 0.2) is 0 Å². The zero-order valence-electron chi connectivity index (χ0n) is 10.0. The highest BCUT2D eigenvalue weighted by molar-refractivity contribution is 5.71. The fourth-order valence-corrected chi connectivity index (χ4v) is 1.27. The third-order valence-electron chi connectivity index (χ3n) is 3.11. The lowest BCUT2D eigenvalue weighted by molar-refractivity contribution is -0.201. The molecule has 0 spiro atoms. The molecule has 0 amide bonds. The monoisotopic (exact) mass is 202 g/mol. The van der Waals surface area contributed by atoms with Gasteiger partial charge in [0.1, 0.15) is 5.60 Å². The molecule has 1 aliphatic rings. The van der Waals surface area contributed by atoms with Crippen LogP contribution in [0.3, 0.4) is 0 Å². The van der Waals surface area contributed by atoms with Crippen molar-refractivity contribution in [3.8, 4) is 0 Å². The molecular formula is C11H22O3. The van der Waals surface area contributed by atoms with Gasteiger partial charge in [-0.05, 0) is 13.8 Å².